The average Bonchev–Trinajstić information content (AvgIpc) is 2.81. The molecule has 0 aromatic carbocycles. The highest BCUT2D eigenvalue weighted by atomic mass is 14.8. The van der Waals surface area contributed by atoms with Gasteiger partial charge in [-0.3, -0.25) is 0 Å². The monoisotopic (exact) mass is 477 g/mol. The lowest BCUT2D eigenvalue weighted by atomic mass is 9.38. The molecule has 196 valence electrons. The summed E-state index contributed by atoms with van der Waals surface area (Å²) in [4.78, 5) is 0. The number of hydrogen-bond acceptors (Lipinski definition) is 1. The molecule has 0 saturated heterocycles. The van der Waals surface area contributed by atoms with Gasteiger partial charge in [-0.2, -0.15) is 0 Å². The van der Waals surface area contributed by atoms with Crippen LogP contribution in [-0.2, 0) is 0 Å². The van der Waals surface area contributed by atoms with Crippen LogP contribution in [-0.4, -0.2) is 5.54 Å². The molecule has 5 rings (SSSR count). The predicted molar refractivity (Wildman–Crippen MR) is 151 cm³/mol. The summed E-state index contributed by atoms with van der Waals surface area (Å²) in [6, 6.07) is 0. The van der Waals surface area contributed by atoms with Gasteiger partial charge >= 0.3 is 0 Å². The van der Waals surface area contributed by atoms with E-state index in [4.69, 9.17) is 12.3 Å². The van der Waals surface area contributed by atoms with Crippen LogP contribution in [0.15, 0.2) is 36.0 Å². The highest BCUT2D eigenvalue weighted by molar-refractivity contribution is 5.43. The summed E-state index contributed by atoms with van der Waals surface area (Å²) in [5, 5.41) is 0. The summed E-state index contributed by atoms with van der Waals surface area (Å²) in [7, 11) is 0. The maximum absolute atomic E-state index is 7.58. The van der Waals surface area contributed by atoms with Crippen LogP contribution in [0.4, 0.5) is 0 Å². The van der Waals surface area contributed by atoms with Gasteiger partial charge in [0.15, 0.2) is 0 Å². The topological polar surface area (TPSA) is 26.0 Å². The Bertz CT molecular complexity index is 963. The Morgan fingerprint density at radius 3 is 2.26 bits per heavy atom. The molecule has 0 spiro atoms. The molecule has 0 radical (unpaired) electrons. The molecule has 5 aliphatic carbocycles. The normalized spacial score (nSPS) is 50.4. The van der Waals surface area contributed by atoms with Gasteiger partial charge in [0.05, 0.1) is 0 Å². The van der Waals surface area contributed by atoms with Gasteiger partial charge in [-0.05, 0) is 108 Å². The zero-order valence-corrected chi connectivity index (χ0v) is 24.6. The molecule has 0 aromatic rings. The SMILES string of the molecule is C=C1C=C2C(C)(CCC3C(C)(C)C=CCC23C)C2CCC3(N)CCC(C)(C)CC(C)(C(C)C)C3C12. The smallest absolute Gasteiger partial charge is 0.0194 e. The third kappa shape index (κ3) is 3.49. The van der Waals surface area contributed by atoms with E-state index in [2.05, 4.69) is 80.5 Å². The Morgan fingerprint density at radius 1 is 0.914 bits per heavy atom. The van der Waals surface area contributed by atoms with Crippen LogP contribution in [0.25, 0.3) is 0 Å². The Labute approximate surface area is 217 Å². The van der Waals surface area contributed by atoms with Crippen molar-refractivity contribution in [2.75, 3.05) is 0 Å². The molecular weight excluding hydrogens is 422 g/mol. The van der Waals surface area contributed by atoms with Crippen molar-refractivity contribution in [2.24, 2.45) is 62.4 Å². The van der Waals surface area contributed by atoms with E-state index in [-0.39, 0.29) is 27.2 Å². The van der Waals surface area contributed by atoms with Gasteiger partial charge in [0.25, 0.3) is 0 Å². The summed E-state index contributed by atoms with van der Waals surface area (Å²) in [5.74, 6) is 3.07. The summed E-state index contributed by atoms with van der Waals surface area (Å²) >= 11 is 0. The van der Waals surface area contributed by atoms with Crippen LogP contribution in [0.2, 0.25) is 0 Å². The molecule has 0 aromatic heterocycles. The van der Waals surface area contributed by atoms with Crippen molar-refractivity contribution in [3.63, 3.8) is 0 Å². The first-order chi connectivity index (χ1) is 16.0. The minimum Gasteiger partial charge on any atom is -0.325 e. The molecule has 3 fully saturated rings. The quantitative estimate of drug-likeness (QED) is 0.374. The van der Waals surface area contributed by atoms with E-state index in [1.807, 2.05) is 0 Å². The molecule has 0 bridgehead atoms. The molecule has 0 amide bonds. The van der Waals surface area contributed by atoms with Gasteiger partial charge in [-0.25, -0.2) is 0 Å². The average molecular weight is 478 g/mol. The first-order valence-electron chi connectivity index (χ1n) is 14.9. The van der Waals surface area contributed by atoms with Crippen LogP contribution in [0, 0.1) is 56.7 Å². The molecule has 2 N–H and O–H groups in total. The standard InChI is InChI=1S/C34H55N/c1-22(2)33(10)21-29(4,5)18-19-34(35)17-12-24-27(28(33)34)23(3)20-26-31(24,8)16-13-25-30(6,7)14-11-15-32(25,26)9/h11,14,20,22,24-25,27-28H,3,12-13,15-19,21,35H2,1-2,4-10H3. The highest BCUT2D eigenvalue weighted by Crippen LogP contribution is 2.71. The van der Waals surface area contributed by atoms with Crippen molar-refractivity contribution in [1.29, 1.82) is 0 Å². The molecule has 1 heteroatoms. The van der Waals surface area contributed by atoms with Crippen molar-refractivity contribution in [3.8, 4) is 0 Å². The maximum atomic E-state index is 7.58. The summed E-state index contributed by atoms with van der Waals surface area (Å²) in [6.45, 7) is 27.7. The largest absolute Gasteiger partial charge is 0.325 e. The van der Waals surface area contributed by atoms with Crippen molar-refractivity contribution >= 4 is 0 Å². The molecule has 8 atom stereocenters. The number of nitrogens with two attached hydrogens (primary N) is 1. The lowest BCUT2D eigenvalue weighted by Crippen LogP contribution is -2.64. The zero-order valence-electron chi connectivity index (χ0n) is 24.6. The van der Waals surface area contributed by atoms with E-state index >= 15 is 0 Å². The fourth-order valence-corrected chi connectivity index (χ4v) is 11.2. The Kier molecular flexibility index (Phi) is 5.62. The second-order valence-corrected chi connectivity index (χ2v) is 16.4. The third-order valence-corrected chi connectivity index (χ3v) is 13.0. The molecule has 35 heavy (non-hydrogen) atoms. The molecule has 3 saturated carbocycles. The summed E-state index contributed by atoms with van der Waals surface area (Å²) in [5.41, 5.74) is 12.1. The molecule has 5 aliphatic rings. The van der Waals surface area contributed by atoms with E-state index in [9.17, 15) is 0 Å². The zero-order chi connectivity index (χ0) is 25.8. The minimum atomic E-state index is -0.0602. The summed E-state index contributed by atoms with van der Waals surface area (Å²) in [6.07, 6.45) is 17.7. The van der Waals surface area contributed by atoms with E-state index in [0.29, 0.717) is 29.1 Å². The number of hydrogen-bond donors (Lipinski definition) is 1. The van der Waals surface area contributed by atoms with Crippen LogP contribution in [0.3, 0.4) is 0 Å². The van der Waals surface area contributed by atoms with Gasteiger partial charge in [-0.1, -0.05) is 98.3 Å². The molecule has 8 unspecified atom stereocenters. The van der Waals surface area contributed by atoms with Crippen molar-refractivity contribution in [1.82, 2.24) is 0 Å². The van der Waals surface area contributed by atoms with Gasteiger partial charge in [0.2, 0.25) is 0 Å². The van der Waals surface area contributed by atoms with Crippen molar-refractivity contribution in [3.05, 3.63) is 36.0 Å². The number of fused-ring (bicyclic) bond motifs is 7. The van der Waals surface area contributed by atoms with Crippen LogP contribution >= 0.6 is 0 Å². The van der Waals surface area contributed by atoms with Gasteiger partial charge in [0, 0.05) is 5.54 Å². The van der Waals surface area contributed by atoms with Crippen molar-refractivity contribution < 1.29 is 0 Å². The highest BCUT2D eigenvalue weighted by Gasteiger charge is 2.65. The van der Waals surface area contributed by atoms with E-state index in [1.165, 1.54) is 56.9 Å². The second kappa shape index (κ2) is 7.61. The van der Waals surface area contributed by atoms with Gasteiger partial charge in [0.1, 0.15) is 0 Å². The molecular formula is C34H55N. The van der Waals surface area contributed by atoms with E-state index in [0.717, 1.165) is 5.92 Å². The third-order valence-electron chi connectivity index (χ3n) is 13.0. The Balaban J connectivity index is 1.65. The van der Waals surface area contributed by atoms with E-state index < -0.39 is 0 Å². The van der Waals surface area contributed by atoms with Gasteiger partial charge < -0.3 is 5.73 Å². The Hall–Kier alpha value is -0.820. The predicted octanol–water partition coefficient (Wildman–Crippen LogP) is 9.10. The summed E-state index contributed by atoms with van der Waals surface area (Å²) < 4.78 is 0. The van der Waals surface area contributed by atoms with E-state index in [1.54, 1.807) is 5.57 Å². The molecule has 0 heterocycles. The second-order valence-electron chi connectivity index (χ2n) is 16.4. The first-order valence-corrected chi connectivity index (χ1v) is 14.9. The number of allylic oxidation sites excluding steroid dienone is 5. The number of rotatable bonds is 1. The fraction of sp³-hybridized carbons (Fsp3) is 0.824. The van der Waals surface area contributed by atoms with Crippen LogP contribution in [0.5, 0.6) is 0 Å². The Morgan fingerprint density at radius 2 is 1.60 bits per heavy atom. The first kappa shape index (κ1) is 25.8. The molecule has 0 aliphatic heterocycles. The van der Waals surface area contributed by atoms with Crippen LogP contribution in [0.1, 0.15) is 114 Å². The maximum Gasteiger partial charge on any atom is 0.0194 e. The lowest BCUT2D eigenvalue weighted by molar-refractivity contribution is -0.0883. The minimum absolute atomic E-state index is 0.0602. The van der Waals surface area contributed by atoms with Crippen molar-refractivity contribution in [2.45, 2.75) is 119 Å². The van der Waals surface area contributed by atoms with Gasteiger partial charge in [-0.15, -0.1) is 0 Å². The lowest BCUT2D eigenvalue weighted by Gasteiger charge is -2.66. The van der Waals surface area contributed by atoms with Crippen LogP contribution < -0.4 is 5.73 Å². The molecule has 1 nitrogen and oxygen atoms in total. The fourth-order valence-electron chi connectivity index (χ4n) is 11.2.